The van der Waals surface area contributed by atoms with Crippen molar-refractivity contribution in [3.8, 4) is 0 Å². The van der Waals surface area contributed by atoms with Gasteiger partial charge in [0.05, 0.1) is 5.69 Å². The summed E-state index contributed by atoms with van der Waals surface area (Å²) in [6.45, 7) is 5.38. The quantitative estimate of drug-likeness (QED) is 0.829. The lowest BCUT2D eigenvalue weighted by Gasteiger charge is -2.19. The first kappa shape index (κ1) is 22.1. The highest BCUT2D eigenvalue weighted by Gasteiger charge is 2.38. The van der Waals surface area contributed by atoms with Crippen LogP contribution in [0.3, 0.4) is 0 Å². The summed E-state index contributed by atoms with van der Waals surface area (Å²) in [5.41, 5.74) is 2.55. The lowest BCUT2D eigenvalue weighted by Crippen LogP contribution is -2.25. The number of rotatable bonds is 3. The molecule has 0 bridgehead atoms. The van der Waals surface area contributed by atoms with Crippen molar-refractivity contribution in [1.82, 2.24) is 14.9 Å². The zero-order valence-corrected chi connectivity index (χ0v) is 16.8. The Morgan fingerprint density at radius 1 is 1.25 bits per heavy atom. The van der Waals surface area contributed by atoms with E-state index in [4.69, 9.17) is 9.90 Å². The highest BCUT2D eigenvalue weighted by atomic mass is 32.1. The summed E-state index contributed by atoms with van der Waals surface area (Å²) in [6.07, 6.45) is -1.33. The van der Waals surface area contributed by atoms with Gasteiger partial charge in [-0.05, 0) is 25.5 Å². The van der Waals surface area contributed by atoms with E-state index in [-0.39, 0.29) is 0 Å². The van der Waals surface area contributed by atoms with Crippen LogP contribution in [0.2, 0.25) is 0 Å². The van der Waals surface area contributed by atoms with Crippen molar-refractivity contribution in [2.75, 3.05) is 32.1 Å². The van der Waals surface area contributed by atoms with Crippen molar-refractivity contribution in [3.63, 3.8) is 0 Å². The summed E-state index contributed by atoms with van der Waals surface area (Å²) in [7, 11) is 4.11. The van der Waals surface area contributed by atoms with Crippen LogP contribution in [-0.2, 0) is 24.2 Å². The van der Waals surface area contributed by atoms with E-state index in [2.05, 4.69) is 52.9 Å². The maximum Gasteiger partial charge on any atom is 0.490 e. The third kappa shape index (κ3) is 6.16. The zero-order valence-electron chi connectivity index (χ0n) is 16.0. The number of carboxylic acids is 1. The van der Waals surface area contributed by atoms with E-state index in [1.807, 2.05) is 11.3 Å². The lowest BCUT2D eigenvalue weighted by molar-refractivity contribution is -0.192. The van der Waals surface area contributed by atoms with E-state index in [1.165, 1.54) is 21.0 Å². The Balaban J connectivity index is 0.000000345. The van der Waals surface area contributed by atoms with Crippen molar-refractivity contribution >= 4 is 23.1 Å². The van der Waals surface area contributed by atoms with Gasteiger partial charge in [0.1, 0.15) is 12.1 Å². The highest BCUT2D eigenvalue weighted by Crippen LogP contribution is 2.24. The Morgan fingerprint density at radius 2 is 1.89 bits per heavy atom. The third-order valence-electron chi connectivity index (χ3n) is 4.20. The molecule has 154 valence electrons. The maximum atomic E-state index is 10.6. The van der Waals surface area contributed by atoms with Crippen molar-refractivity contribution in [1.29, 1.82) is 0 Å². The molecule has 0 spiro atoms. The molecule has 1 aliphatic rings. The van der Waals surface area contributed by atoms with Crippen LogP contribution in [0.15, 0.2) is 18.5 Å². The SMILES string of the molecule is Cc1ccc(CN2CCc3ncnc(N(C)C)c3CC2)s1.O=C(O)C(F)(F)F. The number of nitrogens with zero attached hydrogens (tertiary/aromatic N) is 4. The van der Waals surface area contributed by atoms with Gasteiger partial charge in [-0.1, -0.05) is 0 Å². The van der Waals surface area contributed by atoms with E-state index in [0.29, 0.717) is 0 Å². The molecule has 0 unspecified atom stereocenters. The summed E-state index contributed by atoms with van der Waals surface area (Å²) in [6, 6.07) is 4.46. The third-order valence-corrected chi connectivity index (χ3v) is 5.18. The number of hydrogen-bond acceptors (Lipinski definition) is 6. The zero-order chi connectivity index (χ0) is 20.9. The second-order valence-electron chi connectivity index (χ2n) is 6.61. The normalized spacial score (nSPS) is 14.5. The molecule has 0 aliphatic carbocycles. The predicted molar refractivity (Wildman–Crippen MR) is 102 cm³/mol. The van der Waals surface area contributed by atoms with Gasteiger partial charge >= 0.3 is 12.1 Å². The van der Waals surface area contributed by atoms with E-state index in [9.17, 15) is 13.2 Å². The van der Waals surface area contributed by atoms with Gasteiger partial charge in [0, 0.05) is 55.5 Å². The topological polar surface area (TPSA) is 69.6 Å². The molecule has 2 aromatic rings. The fraction of sp³-hybridized carbons (Fsp3) is 0.500. The minimum Gasteiger partial charge on any atom is -0.475 e. The van der Waals surface area contributed by atoms with Gasteiger partial charge in [-0.3, -0.25) is 4.90 Å². The summed E-state index contributed by atoms with van der Waals surface area (Å²) < 4.78 is 31.7. The van der Waals surface area contributed by atoms with Crippen molar-refractivity contribution < 1.29 is 23.1 Å². The molecule has 0 amide bonds. The standard InChI is InChI=1S/C16H22N4S.C2HF3O2/c1-12-4-5-13(21-12)10-20-8-6-14-15(7-9-20)17-11-18-16(14)19(2)3;3-2(4,5)1(6)7/h4-5,11H,6-10H2,1-3H3;(H,6,7). The number of hydrogen-bond donors (Lipinski definition) is 1. The van der Waals surface area contributed by atoms with Crippen LogP contribution in [0.5, 0.6) is 0 Å². The van der Waals surface area contributed by atoms with Gasteiger partial charge in [0.15, 0.2) is 0 Å². The van der Waals surface area contributed by atoms with Crippen LogP contribution in [0.4, 0.5) is 19.0 Å². The molecule has 1 N–H and O–H groups in total. The van der Waals surface area contributed by atoms with E-state index in [0.717, 1.165) is 38.3 Å². The largest absolute Gasteiger partial charge is 0.490 e. The number of carbonyl (C=O) groups is 1. The van der Waals surface area contributed by atoms with E-state index < -0.39 is 12.1 Å². The number of aliphatic carboxylic acids is 1. The number of anilines is 1. The number of fused-ring (bicyclic) bond motifs is 1. The summed E-state index contributed by atoms with van der Waals surface area (Å²) in [5.74, 6) is -1.68. The van der Waals surface area contributed by atoms with E-state index in [1.54, 1.807) is 6.33 Å². The van der Waals surface area contributed by atoms with Gasteiger partial charge < -0.3 is 10.0 Å². The number of aryl methyl sites for hydroxylation is 1. The van der Waals surface area contributed by atoms with Crippen LogP contribution in [0.1, 0.15) is 21.0 Å². The molecule has 0 atom stereocenters. The Bertz CT molecular complexity index is 808. The van der Waals surface area contributed by atoms with Gasteiger partial charge in [0.25, 0.3) is 0 Å². The monoisotopic (exact) mass is 416 g/mol. The smallest absolute Gasteiger partial charge is 0.475 e. The van der Waals surface area contributed by atoms with Crippen LogP contribution in [0.25, 0.3) is 0 Å². The van der Waals surface area contributed by atoms with Crippen LogP contribution in [-0.4, -0.2) is 59.3 Å². The van der Waals surface area contributed by atoms with Gasteiger partial charge in [-0.25, -0.2) is 14.8 Å². The lowest BCUT2D eigenvalue weighted by atomic mass is 10.1. The molecule has 0 fully saturated rings. The minimum atomic E-state index is -5.08. The average Bonchev–Trinajstić information content (AvgIpc) is 2.90. The molecular formula is C18H23F3N4O2S. The summed E-state index contributed by atoms with van der Waals surface area (Å²) >= 11 is 1.90. The van der Waals surface area contributed by atoms with Gasteiger partial charge in [0.2, 0.25) is 0 Å². The predicted octanol–water partition coefficient (Wildman–Crippen LogP) is 3.15. The second-order valence-corrected chi connectivity index (χ2v) is 7.98. The molecule has 2 aromatic heterocycles. The molecule has 0 saturated carbocycles. The number of thiophene rings is 1. The van der Waals surface area contributed by atoms with Crippen molar-refractivity contribution in [2.45, 2.75) is 32.5 Å². The van der Waals surface area contributed by atoms with Crippen LogP contribution in [0, 0.1) is 6.92 Å². The number of alkyl halides is 3. The van der Waals surface area contributed by atoms with Gasteiger partial charge in [-0.2, -0.15) is 13.2 Å². The fourth-order valence-electron chi connectivity index (χ4n) is 2.89. The number of halogens is 3. The molecule has 0 aromatic carbocycles. The Hall–Kier alpha value is -2.20. The molecule has 0 radical (unpaired) electrons. The molecule has 3 rings (SSSR count). The minimum absolute atomic E-state index is 1.02. The van der Waals surface area contributed by atoms with Crippen LogP contribution >= 0.6 is 11.3 Å². The van der Waals surface area contributed by atoms with E-state index >= 15 is 0 Å². The fourth-order valence-corrected chi connectivity index (χ4v) is 3.82. The Kier molecular flexibility index (Phi) is 7.36. The second kappa shape index (κ2) is 9.33. The average molecular weight is 416 g/mol. The van der Waals surface area contributed by atoms with Crippen molar-refractivity contribution in [3.05, 3.63) is 39.5 Å². The number of carboxylic acid groups (broad SMARTS) is 1. The first-order valence-corrected chi connectivity index (χ1v) is 9.47. The first-order valence-electron chi connectivity index (χ1n) is 8.65. The number of aromatic nitrogens is 2. The van der Waals surface area contributed by atoms with Crippen molar-refractivity contribution in [2.24, 2.45) is 0 Å². The molecule has 28 heavy (non-hydrogen) atoms. The highest BCUT2D eigenvalue weighted by molar-refractivity contribution is 7.11. The Morgan fingerprint density at radius 3 is 2.43 bits per heavy atom. The summed E-state index contributed by atoms with van der Waals surface area (Å²) in [5, 5.41) is 7.12. The Labute approximate surface area is 165 Å². The molecule has 6 nitrogen and oxygen atoms in total. The molecular weight excluding hydrogens is 393 g/mol. The molecule has 0 saturated heterocycles. The molecule has 1 aliphatic heterocycles. The molecule has 10 heteroatoms. The summed E-state index contributed by atoms with van der Waals surface area (Å²) in [4.78, 5) is 25.3. The maximum absolute atomic E-state index is 10.6. The van der Waals surface area contributed by atoms with Crippen LogP contribution < -0.4 is 4.90 Å². The molecule has 3 heterocycles. The first-order chi connectivity index (χ1) is 13.1. The van der Waals surface area contributed by atoms with Gasteiger partial charge in [-0.15, -0.1) is 11.3 Å².